The molecule has 2 aromatic rings. The Hall–Kier alpha value is -2.01. The van der Waals surface area contributed by atoms with Crippen molar-refractivity contribution in [3.63, 3.8) is 0 Å². The molecule has 0 amide bonds. The molecule has 128 valence electrons. The number of nitrogens with one attached hydrogen (secondary N) is 1. The highest BCUT2D eigenvalue weighted by atomic mass is 35.5. The smallest absolute Gasteiger partial charge is 0.0612 e. The van der Waals surface area contributed by atoms with Crippen LogP contribution < -0.4 is 16.0 Å². The van der Waals surface area contributed by atoms with E-state index in [4.69, 9.17) is 28.9 Å². The van der Waals surface area contributed by atoms with E-state index >= 15 is 0 Å². The minimum absolute atomic E-state index is 0.297. The standard InChI is InChI=1S/C19H18Cl2N4/c20-16-3-1-13(10-17(16)21)24-12-2-4-18-14(9-12)15-11-23-7-5-19(15)25(18)8-6-22/h1-5,7,10-11,14,24H,6,8-9,22H2. The summed E-state index contributed by atoms with van der Waals surface area (Å²) in [6.45, 7) is 1.42. The lowest BCUT2D eigenvalue weighted by molar-refractivity contribution is 0.757. The number of benzene rings is 1. The van der Waals surface area contributed by atoms with Crippen molar-refractivity contribution in [1.82, 2.24) is 4.98 Å². The van der Waals surface area contributed by atoms with Gasteiger partial charge in [0.05, 0.1) is 10.0 Å². The highest BCUT2D eigenvalue weighted by Gasteiger charge is 2.35. The topological polar surface area (TPSA) is 54.2 Å². The fraction of sp³-hybridized carbons (Fsp3) is 0.211. The zero-order valence-corrected chi connectivity index (χ0v) is 15.1. The van der Waals surface area contributed by atoms with E-state index in [1.165, 1.54) is 16.9 Å². The minimum atomic E-state index is 0.297. The number of halogens is 2. The average molecular weight is 373 g/mol. The third kappa shape index (κ3) is 3.01. The van der Waals surface area contributed by atoms with Crippen LogP contribution in [0.5, 0.6) is 0 Å². The van der Waals surface area contributed by atoms with Crippen LogP contribution in [-0.2, 0) is 0 Å². The number of nitrogens with zero attached hydrogens (tertiary/aromatic N) is 2. The van der Waals surface area contributed by atoms with Crippen LogP contribution in [-0.4, -0.2) is 18.1 Å². The van der Waals surface area contributed by atoms with Crippen molar-refractivity contribution < 1.29 is 0 Å². The first-order valence-corrected chi connectivity index (χ1v) is 8.97. The Kier molecular flexibility index (Phi) is 4.42. The summed E-state index contributed by atoms with van der Waals surface area (Å²) in [7, 11) is 0. The van der Waals surface area contributed by atoms with Gasteiger partial charge in [0.2, 0.25) is 0 Å². The third-order valence-electron chi connectivity index (χ3n) is 4.62. The van der Waals surface area contributed by atoms with Crippen LogP contribution in [0.2, 0.25) is 10.0 Å². The Labute approximate surface area is 156 Å². The molecule has 6 heteroatoms. The van der Waals surface area contributed by atoms with Crippen molar-refractivity contribution in [3.8, 4) is 0 Å². The Bertz CT molecular complexity index is 875. The molecule has 1 aromatic carbocycles. The zero-order chi connectivity index (χ0) is 17.4. The van der Waals surface area contributed by atoms with E-state index in [-0.39, 0.29) is 0 Å². The summed E-state index contributed by atoms with van der Waals surface area (Å²) in [4.78, 5) is 6.61. The summed E-state index contributed by atoms with van der Waals surface area (Å²) in [5, 5.41) is 4.55. The molecule has 4 rings (SSSR count). The van der Waals surface area contributed by atoms with Gasteiger partial charge in [-0.3, -0.25) is 4.98 Å². The fourth-order valence-corrected chi connectivity index (χ4v) is 3.82. The van der Waals surface area contributed by atoms with Crippen LogP contribution in [0.3, 0.4) is 0 Å². The minimum Gasteiger partial charge on any atom is -0.359 e. The summed E-state index contributed by atoms with van der Waals surface area (Å²) in [5.74, 6) is 0.297. The van der Waals surface area contributed by atoms with E-state index in [1.54, 1.807) is 6.07 Å². The normalized spacial score (nSPS) is 18.4. The van der Waals surface area contributed by atoms with E-state index in [0.717, 1.165) is 24.4 Å². The van der Waals surface area contributed by atoms with Crippen molar-refractivity contribution in [1.29, 1.82) is 0 Å². The molecular weight excluding hydrogens is 355 g/mol. The number of aromatic nitrogens is 1. The second-order valence-electron chi connectivity index (χ2n) is 6.17. The SMILES string of the molecule is NCCN1C2=CC=C(Nc3ccc(Cl)c(Cl)c3)CC2c2cnccc21. The number of hydrogen-bond donors (Lipinski definition) is 2. The zero-order valence-electron chi connectivity index (χ0n) is 13.5. The van der Waals surface area contributed by atoms with Crippen LogP contribution in [0.4, 0.5) is 11.4 Å². The molecule has 25 heavy (non-hydrogen) atoms. The summed E-state index contributed by atoms with van der Waals surface area (Å²) < 4.78 is 0. The quantitative estimate of drug-likeness (QED) is 0.827. The van der Waals surface area contributed by atoms with E-state index in [0.29, 0.717) is 22.5 Å². The van der Waals surface area contributed by atoms with Gasteiger partial charge in [-0.05, 0) is 42.8 Å². The van der Waals surface area contributed by atoms with Gasteiger partial charge in [-0.1, -0.05) is 23.2 Å². The highest BCUT2D eigenvalue weighted by Crippen LogP contribution is 2.47. The lowest BCUT2D eigenvalue weighted by atomic mass is 9.91. The molecule has 1 aliphatic carbocycles. The predicted molar refractivity (Wildman–Crippen MR) is 104 cm³/mol. The summed E-state index contributed by atoms with van der Waals surface area (Å²) in [6, 6.07) is 7.64. The molecule has 3 N–H and O–H groups in total. The van der Waals surface area contributed by atoms with Gasteiger partial charge in [-0.15, -0.1) is 0 Å². The number of nitrogens with two attached hydrogens (primary N) is 1. The number of allylic oxidation sites excluding steroid dienone is 4. The number of anilines is 2. The monoisotopic (exact) mass is 372 g/mol. The van der Waals surface area contributed by atoms with E-state index < -0.39 is 0 Å². The first-order valence-electron chi connectivity index (χ1n) is 8.21. The van der Waals surface area contributed by atoms with Gasteiger partial charge in [0.25, 0.3) is 0 Å². The molecule has 0 radical (unpaired) electrons. The first-order chi connectivity index (χ1) is 12.2. The summed E-state index contributed by atoms with van der Waals surface area (Å²) in [6.07, 6.45) is 8.97. The van der Waals surface area contributed by atoms with Gasteiger partial charge in [0.15, 0.2) is 0 Å². The lowest BCUT2D eigenvalue weighted by Crippen LogP contribution is -2.27. The molecule has 0 spiro atoms. The van der Waals surface area contributed by atoms with Crippen molar-refractivity contribution in [2.24, 2.45) is 5.73 Å². The second kappa shape index (κ2) is 6.71. The number of fused-ring (bicyclic) bond motifs is 3. The van der Waals surface area contributed by atoms with Crippen LogP contribution in [0.15, 0.2) is 60.2 Å². The molecule has 1 aliphatic heterocycles. The molecule has 0 saturated carbocycles. The van der Waals surface area contributed by atoms with Gasteiger partial charge < -0.3 is 16.0 Å². The van der Waals surface area contributed by atoms with Gasteiger partial charge in [-0.25, -0.2) is 0 Å². The molecule has 0 saturated heterocycles. The van der Waals surface area contributed by atoms with Gasteiger partial charge >= 0.3 is 0 Å². The van der Waals surface area contributed by atoms with E-state index in [2.05, 4.69) is 33.4 Å². The maximum Gasteiger partial charge on any atom is 0.0612 e. The van der Waals surface area contributed by atoms with Crippen molar-refractivity contribution in [2.75, 3.05) is 23.3 Å². The molecule has 2 aliphatic rings. The molecule has 1 unspecified atom stereocenters. The Balaban J connectivity index is 1.62. The van der Waals surface area contributed by atoms with E-state index in [9.17, 15) is 0 Å². The third-order valence-corrected chi connectivity index (χ3v) is 5.36. The molecule has 1 atom stereocenters. The molecular formula is C19H18Cl2N4. The fourth-order valence-electron chi connectivity index (χ4n) is 3.53. The summed E-state index contributed by atoms with van der Waals surface area (Å²) >= 11 is 12.1. The number of pyridine rings is 1. The van der Waals surface area contributed by atoms with Gasteiger partial charge in [-0.2, -0.15) is 0 Å². The van der Waals surface area contributed by atoms with Crippen molar-refractivity contribution in [2.45, 2.75) is 12.3 Å². The molecule has 4 nitrogen and oxygen atoms in total. The molecule has 0 fully saturated rings. The van der Waals surface area contributed by atoms with Crippen LogP contribution in [0.1, 0.15) is 17.9 Å². The number of rotatable bonds is 4. The Morgan fingerprint density at radius 2 is 2.08 bits per heavy atom. The average Bonchev–Trinajstić information content (AvgIpc) is 2.93. The molecule has 2 heterocycles. The second-order valence-corrected chi connectivity index (χ2v) is 6.98. The van der Waals surface area contributed by atoms with Gasteiger partial charge in [0, 0.05) is 59.7 Å². The maximum atomic E-state index is 6.11. The molecule has 1 aromatic heterocycles. The molecule has 0 bridgehead atoms. The van der Waals surface area contributed by atoms with E-state index in [1.807, 2.05) is 24.5 Å². The Morgan fingerprint density at radius 3 is 2.88 bits per heavy atom. The van der Waals surface area contributed by atoms with Crippen LogP contribution in [0.25, 0.3) is 0 Å². The van der Waals surface area contributed by atoms with Gasteiger partial charge in [0.1, 0.15) is 0 Å². The largest absolute Gasteiger partial charge is 0.359 e. The van der Waals surface area contributed by atoms with Crippen LogP contribution >= 0.6 is 23.2 Å². The van der Waals surface area contributed by atoms with Crippen molar-refractivity contribution >= 4 is 34.6 Å². The highest BCUT2D eigenvalue weighted by molar-refractivity contribution is 6.42. The van der Waals surface area contributed by atoms with Crippen LogP contribution in [0, 0.1) is 0 Å². The Morgan fingerprint density at radius 1 is 1.20 bits per heavy atom. The number of hydrogen-bond acceptors (Lipinski definition) is 4. The maximum absolute atomic E-state index is 6.11. The lowest BCUT2D eigenvalue weighted by Gasteiger charge is -2.26. The predicted octanol–water partition coefficient (Wildman–Crippen LogP) is 4.53. The first kappa shape index (κ1) is 16.5. The van der Waals surface area contributed by atoms with Crippen molar-refractivity contribution in [3.05, 3.63) is 75.8 Å². The summed E-state index contributed by atoms with van der Waals surface area (Å²) in [5.41, 5.74) is 11.6.